The van der Waals surface area contributed by atoms with Crippen LogP contribution < -0.4 is 0 Å². The van der Waals surface area contributed by atoms with E-state index < -0.39 is 0 Å². The summed E-state index contributed by atoms with van der Waals surface area (Å²) in [7, 11) is 1.84. The number of hydrogen-bond acceptors (Lipinski definition) is 2. The second kappa shape index (κ2) is 5.47. The first kappa shape index (κ1) is 14.3. The fourth-order valence-electron chi connectivity index (χ4n) is 2.01. The summed E-state index contributed by atoms with van der Waals surface area (Å²) in [6.07, 6.45) is 0.305. The van der Waals surface area contributed by atoms with Crippen LogP contribution in [0.4, 0.5) is 0 Å². The molecule has 0 saturated carbocycles. The topological polar surface area (TPSA) is 34.9 Å². The van der Waals surface area contributed by atoms with Crippen molar-refractivity contribution >= 4 is 33.3 Å². The van der Waals surface area contributed by atoms with E-state index >= 15 is 0 Å². The Hall–Kier alpha value is -1.13. The number of carbonyl (C=O) groups excluding carboxylic acids is 1. The van der Waals surface area contributed by atoms with Crippen molar-refractivity contribution < 1.29 is 4.79 Å². The molecular weight excluding hydrogens is 328 g/mol. The summed E-state index contributed by atoms with van der Waals surface area (Å²) >= 11 is 9.42. The minimum absolute atomic E-state index is 0.0451. The van der Waals surface area contributed by atoms with E-state index in [2.05, 4.69) is 21.0 Å². The largest absolute Gasteiger partial charge is 0.294 e. The van der Waals surface area contributed by atoms with E-state index in [1.165, 1.54) is 0 Å². The Morgan fingerprint density at radius 1 is 1.42 bits per heavy atom. The van der Waals surface area contributed by atoms with Crippen LogP contribution in [0.2, 0.25) is 5.02 Å². The quantitative estimate of drug-likeness (QED) is 0.794. The first-order valence-corrected chi connectivity index (χ1v) is 7.04. The Morgan fingerprint density at radius 2 is 2.11 bits per heavy atom. The molecule has 0 amide bonds. The summed E-state index contributed by atoms with van der Waals surface area (Å²) in [5.41, 5.74) is 3.36. The van der Waals surface area contributed by atoms with Crippen LogP contribution in [0.1, 0.15) is 27.3 Å². The highest BCUT2D eigenvalue weighted by Crippen LogP contribution is 2.23. The highest BCUT2D eigenvalue weighted by atomic mass is 79.9. The Balaban J connectivity index is 2.33. The Morgan fingerprint density at radius 3 is 2.68 bits per heavy atom. The van der Waals surface area contributed by atoms with E-state index in [4.69, 9.17) is 11.6 Å². The molecule has 1 heterocycles. The van der Waals surface area contributed by atoms with Crippen molar-refractivity contribution in [1.29, 1.82) is 0 Å². The maximum Gasteiger partial charge on any atom is 0.169 e. The van der Waals surface area contributed by atoms with Gasteiger partial charge in [-0.2, -0.15) is 5.10 Å². The van der Waals surface area contributed by atoms with Gasteiger partial charge in [0.25, 0.3) is 0 Å². The molecule has 5 heteroatoms. The van der Waals surface area contributed by atoms with Crippen molar-refractivity contribution in [3.05, 3.63) is 50.2 Å². The summed E-state index contributed by atoms with van der Waals surface area (Å²) < 4.78 is 2.63. The molecule has 0 fully saturated rings. The van der Waals surface area contributed by atoms with Crippen LogP contribution in [0, 0.1) is 13.8 Å². The van der Waals surface area contributed by atoms with Crippen LogP contribution in [0.5, 0.6) is 0 Å². The molecule has 3 nitrogen and oxygen atoms in total. The van der Waals surface area contributed by atoms with Crippen molar-refractivity contribution in [3.8, 4) is 0 Å². The summed E-state index contributed by atoms with van der Waals surface area (Å²) in [6.45, 7) is 3.82. The summed E-state index contributed by atoms with van der Waals surface area (Å²) in [4.78, 5) is 12.4. The molecule has 1 aromatic carbocycles. The lowest BCUT2D eigenvalue weighted by Crippen LogP contribution is -2.09. The van der Waals surface area contributed by atoms with Crippen molar-refractivity contribution in [2.24, 2.45) is 7.05 Å². The van der Waals surface area contributed by atoms with E-state index in [1.54, 1.807) is 16.8 Å². The van der Waals surface area contributed by atoms with Gasteiger partial charge in [-0.05, 0) is 47.5 Å². The molecule has 0 radical (unpaired) electrons. The Labute approximate surface area is 125 Å². The zero-order valence-electron chi connectivity index (χ0n) is 11.0. The van der Waals surface area contributed by atoms with Crippen LogP contribution in [-0.2, 0) is 13.5 Å². The number of ketones is 1. The lowest BCUT2D eigenvalue weighted by molar-refractivity contribution is 0.0990. The number of hydrogen-bond donors (Lipinski definition) is 0. The van der Waals surface area contributed by atoms with Gasteiger partial charge in [0.2, 0.25) is 0 Å². The highest BCUT2D eigenvalue weighted by Gasteiger charge is 2.17. The molecule has 0 atom stereocenters. The van der Waals surface area contributed by atoms with Crippen molar-refractivity contribution in [2.75, 3.05) is 0 Å². The molecular formula is C14H14BrClN2O. The maximum atomic E-state index is 12.4. The van der Waals surface area contributed by atoms with Gasteiger partial charge in [-0.15, -0.1) is 0 Å². The molecule has 2 rings (SSSR count). The van der Waals surface area contributed by atoms with Gasteiger partial charge in [0.15, 0.2) is 5.78 Å². The van der Waals surface area contributed by atoms with Crippen LogP contribution in [0.25, 0.3) is 0 Å². The van der Waals surface area contributed by atoms with Gasteiger partial charge in [-0.1, -0.05) is 17.7 Å². The molecule has 0 bridgehead atoms. The van der Waals surface area contributed by atoms with Gasteiger partial charge in [-0.25, -0.2) is 0 Å². The minimum atomic E-state index is 0.0451. The number of rotatable bonds is 3. The summed E-state index contributed by atoms with van der Waals surface area (Å²) in [6, 6.07) is 5.37. The van der Waals surface area contributed by atoms with Crippen molar-refractivity contribution in [3.63, 3.8) is 0 Å². The van der Waals surface area contributed by atoms with Gasteiger partial charge in [0.05, 0.1) is 22.3 Å². The molecule has 19 heavy (non-hydrogen) atoms. The summed E-state index contributed by atoms with van der Waals surface area (Å²) in [5, 5.41) is 4.87. The number of Topliss-reactive ketones (excluding diaryl/α,β-unsaturated/α-hetero) is 1. The molecule has 0 unspecified atom stereocenters. The van der Waals surface area contributed by atoms with Crippen LogP contribution in [0.15, 0.2) is 22.7 Å². The third-order valence-electron chi connectivity index (χ3n) is 3.09. The monoisotopic (exact) mass is 340 g/mol. The van der Waals surface area contributed by atoms with Crippen molar-refractivity contribution in [1.82, 2.24) is 9.78 Å². The SMILES string of the molecule is Cc1ccc(Cl)cc1C(=O)Cc1c(Br)c(C)nn1C. The third kappa shape index (κ3) is 2.90. The Bertz CT molecular complexity index is 649. The minimum Gasteiger partial charge on any atom is -0.294 e. The zero-order chi connectivity index (χ0) is 14.2. The lowest BCUT2D eigenvalue weighted by atomic mass is 10.0. The number of carbonyl (C=O) groups is 1. The standard InChI is InChI=1S/C14H14BrClN2O/c1-8-4-5-10(16)6-11(8)13(19)7-12-14(15)9(2)17-18(12)3/h4-6H,7H2,1-3H3. The Kier molecular flexibility index (Phi) is 4.11. The molecule has 0 N–H and O–H groups in total. The highest BCUT2D eigenvalue weighted by molar-refractivity contribution is 9.10. The number of aryl methyl sites for hydroxylation is 3. The van der Waals surface area contributed by atoms with E-state index in [0.29, 0.717) is 17.0 Å². The second-order valence-electron chi connectivity index (χ2n) is 4.53. The summed E-state index contributed by atoms with van der Waals surface area (Å²) in [5.74, 6) is 0.0451. The average Bonchev–Trinajstić information content (AvgIpc) is 2.59. The second-order valence-corrected chi connectivity index (χ2v) is 5.76. The van der Waals surface area contributed by atoms with Crippen LogP contribution in [0.3, 0.4) is 0 Å². The lowest BCUT2D eigenvalue weighted by Gasteiger charge is -2.06. The van der Waals surface area contributed by atoms with E-state index in [9.17, 15) is 4.79 Å². The van der Waals surface area contributed by atoms with Gasteiger partial charge in [-0.3, -0.25) is 9.48 Å². The normalized spacial score (nSPS) is 10.8. The first-order valence-electron chi connectivity index (χ1n) is 5.87. The number of benzene rings is 1. The smallest absolute Gasteiger partial charge is 0.169 e. The van der Waals surface area contributed by atoms with E-state index in [1.807, 2.05) is 27.0 Å². The van der Waals surface area contributed by atoms with E-state index in [0.717, 1.165) is 21.4 Å². The number of halogens is 2. The molecule has 0 aliphatic carbocycles. The average molecular weight is 342 g/mol. The molecule has 2 aromatic rings. The molecule has 0 spiro atoms. The molecule has 100 valence electrons. The predicted molar refractivity (Wildman–Crippen MR) is 79.9 cm³/mol. The first-order chi connectivity index (χ1) is 8.90. The van der Waals surface area contributed by atoms with Gasteiger partial charge in [0.1, 0.15) is 0 Å². The molecule has 1 aromatic heterocycles. The van der Waals surface area contributed by atoms with Gasteiger partial charge >= 0.3 is 0 Å². The van der Waals surface area contributed by atoms with E-state index in [-0.39, 0.29) is 5.78 Å². The third-order valence-corrected chi connectivity index (χ3v) is 4.36. The molecule has 0 aliphatic rings. The van der Waals surface area contributed by atoms with Gasteiger partial charge in [0, 0.05) is 17.6 Å². The molecule has 0 aliphatic heterocycles. The van der Waals surface area contributed by atoms with Crippen LogP contribution >= 0.6 is 27.5 Å². The molecule has 0 saturated heterocycles. The fraction of sp³-hybridized carbons (Fsp3) is 0.286. The number of aromatic nitrogens is 2. The van der Waals surface area contributed by atoms with Crippen LogP contribution in [-0.4, -0.2) is 15.6 Å². The zero-order valence-corrected chi connectivity index (χ0v) is 13.3. The van der Waals surface area contributed by atoms with Gasteiger partial charge < -0.3 is 0 Å². The van der Waals surface area contributed by atoms with Crippen molar-refractivity contribution in [2.45, 2.75) is 20.3 Å². The maximum absolute atomic E-state index is 12.4. The number of nitrogens with zero attached hydrogens (tertiary/aromatic N) is 2. The predicted octanol–water partition coefficient (Wildman–Crippen LogP) is 3.88. The fourth-order valence-corrected chi connectivity index (χ4v) is 2.66.